The molecule has 0 aliphatic rings. The third kappa shape index (κ3) is 3.20. The molecule has 1 aromatic carbocycles. The van der Waals surface area contributed by atoms with Crippen molar-refractivity contribution in [2.24, 2.45) is 7.05 Å². The van der Waals surface area contributed by atoms with Crippen LogP contribution in [-0.2, 0) is 7.05 Å². The Balaban J connectivity index is 2.21. The van der Waals surface area contributed by atoms with E-state index in [1.54, 1.807) is 29.9 Å². The van der Waals surface area contributed by atoms with Gasteiger partial charge in [-0.15, -0.1) is 0 Å². The number of nitrogens with zero attached hydrogens (tertiary/aromatic N) is 1. The van der Waals surface area contributed by atoms with Gasteiger partial charge in [-0.2, -0.15) is 0 Å². The minimum Gasteiger partial charge on any atom is -0.494 e. The molecule has 4 nitrogen and oxygen atoms in total. The number of aryl methyl sites for hydroxylation is 1. The first kappa shape index (κ1) is 14.2. The van der Waals surface area contributed by atoms with Gasteiger partial charge in [-0.05, 0) is 26.0 Å². The fraction of sp³-hybridized carbons (Fsp3) is 0.312. The first-order valence-corrected chi connectivity index (χ1v) is 6.76. The average molecular weight is 272 g/mol. The number of anilines is 1. The number of rotatable bonds is 5. The Morgan fingerprint density at radius 2 is 2.00 bits per heavy atom. The van der Waals surface area contributed by atoms with Gasteiger partial charge in [-0.25, -0.2) is 0 Å². The van der Waals surface area contributed by atoms with Crippen LogP contribution in [0, 0.1) is 0 Å². The molecular weight excluding hydrogens is 252 g/mol. The van der Waals surface area contributed by atoms with Crippen LogP contribution in [0.4, 0.5) is 5.69 Å². The van der Waals surface area contributed by atoms with Gasteiger partial charge >= 0.3 is 0 Å². The maximum absolute atomic E-state index is 11.4. The van der Waals surface area contributed by atoms with E-state index < -0.39 is 0 Å². The normalized spacial score (nSPS) is 11.9. The molecule has 1 aromatic heterocycles. The minimum absolute atomic E-state index is 0.0158. The highest BCUT2D eigenvalue weighted by Gasteiger charge is 2.11. The van der Waals surface area contributed by atoms with E-state index in [4.69, 9.17) is 4.74 Å². The molecule has 2 aromatic rings. The van der Waals surface area contributed by atoms with Crippen molar-refractivity contribution in [1.29, 1.82) is 0 Å². The highest BCUT2D eigenvalue weighted by molar-refractivity contribution is 5.46. The molecule has 2 rings (SSSR count). The second-order valence-corrected chi connectivity index (χ2v) is 4.70. The van der Waals surface area contributed by atoms with Gasteiger partial charge in [0, 0.05) is 24.9 Å². The monoisotopic (exact) mass is 272 g/mol. The fourth-order valence-electron chi connectivity index (χ4n) is 2.13. The van der Waals surface area contributed by atoms with Crippen molar-refractivity contribution in [3.63, 3.8) is 0 Å². The number of para-hydroxylation sites is 1. The van der Waals surface area contributed by atoms with Crippen LogP contribution in [0.2, 0.25) is 0 Å². The van der Waals surface area contributed by atoms with Crippen molar-refractivity contribution in [2.75, 3.05) is 11.9 Å². The maximum Gasteiger partial charge on any atom is 0.250 e. The Kier molecular flexibility index (Phi) is 4.45. The molecule has 1 heterocycles. The molecule has 4 heteroatoms. The first-order valence-electron chi connectivity index (χ1n) is 6.76. The minimum atomic E-state index is -0.0158. The van der Waals surface area contributed by atoms with Gasteiger partial charge in [0.25, 0.3) is 0 Å². The second-order valence-electron chi connectivity index (χ2n) is 4.70. The van der Waals surface area contributed by atoms with Crippen LogP contribution in [-0.4, -0.2) is 11.2 Å². The lowest BCUT2D eigenvalue weighted by Gasteiger charge is -2.19. The van der Waals surface area contributed by atoms with Crippen LogP contribution in [0.1, 0.15) is 25.5 Å². The molecule has 0 bridgehead atoms. The number of pyridine rings is 1. The van der Waals surface area contributed by atoms with E-state index in [-0.39, 0.29) is 11.6 Å². The molecule has 0 spiro atoms. The summed E-state index contributed by atoms with van der Waals surface area (Å²) in [5.41, 5.74) is 1.99. The van der Waals surface area contributed by atoms with Crippen molar-refractivity contribution >= 4 is 5.69 Å². The Morgan fingerprint density at radius 1 is 1.25 bits per heavy atom. The Hall–Kier alpha value is -2.23. The van der Waals surface area contributed by atoms with E-state index in [1.807, 2.05) is 31.2 Å². The zero-order chi connectivity index (χ0) is 14.5. The lowest BCUT2D eigenvalue weighted by atomic mass is 10.1. The quantitative estimate of drug-likeness (QED) is 0.910. The van der Waals surface area contributed by atoms with Gasteiger partial charge in [0.2, 0.25) is 5.56 Å². The smallest absolute Gasteiger partial charge is 0.250 e. The predicted molar refractivity (Wildman–Crippen MR) is 81.3 cm³/mol. The van der Waals surface area contributed by atoms with Gasteiger partial charge < -0.3 is 14.6 Å². The SMILES string of the molecule is CCOc1ccccc1C(C)Nc1ccc(=O)n(C)c1. The molecular formula is C16H20N2O2. The van der Waals surface area contributed by atoms with Crippen LogP contribution < -0.4 is 15.6 Å². The lowest BCUT2D eigenvalue weighted by molar-refractivity contribution is 0.335. The van der Waals surface area contributed by atoms with Gasteiger partial charge in [0.05, 0.1) is 18.3 Å². The molecule has 0 saturated carbocycles. The maximum atomic E-state index is 11.4. The van der Waals surface area contributed by atoms with Gasteiger partial charge in [0.1, 0.15) is 5.75 Å². The van der Waals surface area contributed by atoms with Crippen molar-refractivity contribution in [3.8, 4) is 5.75 Å². The van der Waals surface area contributed by atoms with Crippen LogP contribution >= 0.6 is 0 Å². The third-order valence-electron chi connectivity index (χ3n) is 3.15. The number of benzene rings is 1. The first-order chi connectivity index (χ1) is 9.61. The molecule has 0 saturated heterocycles. The molecule has 0 aliphatic carbocycles. The highest BCUT2D eigenvalue weighted by Crippen LogP contribution is 2.27. The zero-order valence-electron chi connectivity index (χ0n) is 12.1. The summed E-state index contributed by atoms with van der Waals surface area (Å²) in [6, 6.07) is 11.4. The van der Waals surface area contributed by atoms with E-state index in [1.165, 1.54) is 0 Å². The molecule has 20 heavy (non-hydrogen) atoms. The summed E-state index contributed by atoms with van der Waals surface area (Å²) in [7, 11) is 1.74. The molecule has 1 atom stereocenters. The van der Waals surface area contributed by atoms with Crippen LogP contribution in [0.15, 0.2) is 47.4 Å². The number of aromatic nitrogens is 1. The van der Waals surface area contributed by atoms with Crippen molar-refractivity contribution in [2.45, 2.75) is 19.9 Å². The van der Waals surface area contributed by atoms with E-state index in [9.17, 15) is 4.79 Å². The van der Waals surface area contributed by atoms with Crippen LogP contribution in [0.25, 0.3) is 0 Å². The summed E-state index contributed by atoms with van der Waals surface area (Å²) in [4.78, 5) is 11.4. The summed E-state index contributed by atoms with van der Waals surface area (Å²) < 4.78 is 7.20. The number of nitrogens with one attached hydrogen (secondary N) is 1. The standard InChI is InChI=1S/C16H20N2O2/c1-4-20-15-8-6-5-7-14(15)12(2)17-13-9-10-16(19)18(3)11-13/h5-12,17H,4H2,1-3H3. The van der Waals surface area contributed by atoms with E-state index >= 15 is 0 Å². The summed E-state index contributed by atoms with van der Waals surface area (Å²) in [6.45, 7) is 4.69. The number of ether oxygens (including phenoxy) is 1. The molecule has 106 valence electrons. The molecule has 0 radical (unpaired) electrons. The average Bonchev–Trinajstić information content (AvgIpc) is 2.44. The van der Waals surface area contributed by atoms with Crippen molar-refractivity contribution < 1.29 is 4.74 Å². The molecule has 1 unspecified atom stereocenters. The largest absolute Gasteiger partial charge is 0.494 e. The van der Waals surface area contributed by atoms with E-state index in [2.05, 4.69) is 12.2 Å². The van der Waals surface area contributed by atoms with Gasteiger partial charge in [0.15, 0.2) is 0 Å². The molecule has 0 amide bonds. The van der Waals surface area contributed by atoms with Crippen molar-refractivity contribution in [3.05, 3.63) is 58.5 Å². The summed E-state index contributed by atoms with van der Waals surface area (Å²) in [5, 5.41) is 3.39. The van der Waals surface area contributed by atoms with E-state index in [0.717, 1.165) is 17.0 Å². The predicted octanol–water partition coefficient (Wildman–Crippen LogP) is 2.96. The summed E-state index contributed by atoms with van der Waals surface area (Å²) >= 11 is 0. The van der Waals surface area contributed by atoms with E-state index in [0.29, 0.717) is 6.61 Å². The number of hydrogen-bond donors (Lipinski definition) is 1. The third-order valence-corrected chi connectivity index (χ3v) is 3.15. The molecule has 0 fully saturated rings. The van der Waals surface area contributed by atoms with Gasteiger partial charge in [-0.3, -0.25) is 4.79 Å². The van der Waals surface area contributed by atoms with Crippen LogP contribution in [0.5, 0.6) is 5.75 Å². The Labute approximate surface area is 119 Å². The van der Waals surface area contributed by atoms with Gasteiger partial charge in [-0.1, -0.05) is 18.2 Å². The second kappa shape index (κ2) is 6.28. The number of hydrogen-bond acceptors (Lipinski definition) is 3. The topological polar surface area (TPSA) is 43.3 Å². The fourth-order valence-corrected chi connectivity index (χ4v) is 2.13. The molecule has 1 N–H and O–H groups in total. The Bertz CT molecular complexity index is 634. The highest BCUT2D eigenvalue weighted by atomic mass is 16.5. The molecule has 0 aliphatic heterocycles. The lowest BCUT2D eigenvalue weighted by Crippen LogP contribution is -2.16. The Morgan fingerprint density at radius 3 is 2.70 bits per heavy atom. The summed E-state index contributed by atoms with van der Waals surface area (Å²) in [6.07, 6.45) is 1.79. The van der Waals surface area contributed by atoms with Crippen molar-refractivity contribution in [1.82, 2.24) is 4.57 Å². The van der Waals surface area contributed by atoms with Crippen LogP contribution in [0.3, 0.4) is 0 Å². The summed E-state index contributed by atoms with van der Waals surface area (Å²) in [5.74, 6) is 0.889. The zero-order valence-corrected chi connectivity index (χ0v) is 12.1.